The Labute approximate surface area is 163 Å². The van der Waals surface area contributed by atoms with Crippen molar-refractivity contribution in [2.45, 2.75) is 15.8 Å². The van der Waals surface area contributed by atoms with Crippen LogP contribution in [0.2, 0.25) is 0 Å². The van der Waals surface area contributed by atoms with Crippen LogP contribution in [0.15, 0.2) is 51.6 Å². The Morgan fingerprint density at radius 2 is 1.70 bits per heavy atom. The zero-order valence-electron chi connectivity index (χ0n) is 14.9. The summed E-state index contributed by atoms with van der Waals surface area (Å²) in [5, 5.41) is 1.97. The van der Waals surface area contributed by atoms with Gasteiger partial charge in [0.25, 0.3) is 0 Å². The number of rotatable bonds is 7. The van der Waals surface area contributed by atoms with Gasteiger partial charge < -0.3 is 4.74 Å². The van der Waals surface area contributed by atoms with Gasteiger partial charge in [0, 0.05) is 30.8 Å². The highest BCUT2D eigenvalue weighted by atomic mass is 32.2. The van der Waals surface area contributed by atoms with Crippen molar-refractivity contribution in [2.24, 2.45) is 0 Å². The molecule has 1 aliphatic heterocycles. The lowest BCUT2D eigenvalue weighted by Crippen LogP contribution is -2.43. The first kappa shape index (κ1) is 20.4. The molecule has 7 nitrogen and oxygen atoms in total. The quantitative estimate of drug-likeness (QED) is 0.716. The molecule has 1 aliphatic rings. The van der Waals surface area contributed by atoms with Crippen molar-refractivity contribution in [3.05, 3.63) is 46.7 Å². The molecule has 0 radical (unpaired) electrons. The number of hydrogen-bond donors (Lipinski definition) is 1. The van der Waals surface area contributed by atoms with Gasteiger partial charge in [0.1, 0.15) is 0 Å². The van der Waals surface area contributed by atoms with E-state index in [0.29, 0.717) is 13.2 Å². The molecule has 2 aromatic rings. The maximum Gasteiger partial charge on any atom is 0.240 e. The van der Waals surface area contributed by atoms with Crippen molar-refractivity contribution in [1.29, 1.82) is 0 Å². The number of benzene rings is 1. The molecule has 1 unspecified atom stereocenters. The molecule has 1 saturated heterocycles. The minimum absolute atomic E-state index is 0.0433. The number of nitrogens with zero attached hydrogens (tertiary/aromatic N) is 1. The van der Waals surface area contributed by atoms with Crippen LogP contribution in [0.5, 0.6) is 0 Å². The number of thiophene rings is 1. The molecule has 3 rings (SSSR count). The maximum atomic E-state index is 12.6. The van der Waals surface area contributed by atoms with Gasteiger partial charge in [0.05, 0.1) is 29.0 Å². The van der Waals surface area contributed by atoms with Crippen LogP contribution in [0.25, 0.3) is 0 Å². The molecule has 1 aromatic heterocycles. The van der Waals surface area contributed by atoms with Gasteiger partial charge in [-0.25, -0.2) is 21.6 Å². The van der Waals surface area contributed by atoms with Gasteiger partial charge in [0.2, 0.25) is 10.0 Å². The van der Waals surface area contributed by atoms with Crippen LogP contribution < -0.4 is 4.72 Å². The molecular formula is C17H22N2O5S3. The van der Waals surface area contributed by atoms with E-state index in [0.717, 1.165) is 24.2 Å². The van der Waals surface area contributed by atoms with E-state index in [-0.39, 0.29) is 22.4 Å². The highest BCUT2D eigenvalue weighted by molar-refractivity contribution is 7.90. The second kappa shape index (κ2) is 8.38. The third-order valence-electron chi connectivity index (χ3n) is 4.39. The fourth-order valence-corrected chi connectivity index (χ4v) is 5.45. The minimum atomic E-state index is -3.75. The number of hydrogen-bond acceptors (Lipinski definition) is 7. The highest BCUT2D eigenvalue weighted by Crippen LogP contribution is 2.26. The maximum absolute atomic E-state index is 12.6. The van der Waals surface area contributed by atoms with Crippen LogP contribution in [0, 0.1) is 0 Å². The largest absolute Gasteiger partial charge is 0.379 e. The third-order valence-corrected chi connectivity index (χ3v) is 7.93. The Hall–Kier alpha value is -1.30. The number of nitrogens with one attached hydrogen (secondary N) is 1. The Bertz CT molecular complexity index is 949. The van der Waals surface area contributed by atoms with E-state index in [1.54, 1.807) is 11.3 Å². The van der Waals surface area contributed by atoms with Crippen molar-refractivity contribution in [3.63, 3.8) is 0 Å². The summed E-state index contributed by atoms with van der Waals surface area (Å²) in [6.07, 6.45) is 1.09. The molecule has 0 aliphatic carbocycles. The molecule has 1 N–H and O–H groups in total. The lowest BCUT2D eigenvalue weighted by atomic mass is 10.2. The van der Waals surface area contributed by atoms with E-state index < -0.39 is 19.9 Å². The number of sulfonamides is 1. The smallest absolute Gasteiger partial charge is 0.240 e. The first-order valence-electron chi connectivity index (χ1n) is 8.42. The van der Waals surface area contributed by atoms with Gasteiger partial charge in [-0.05, 0) is 35.7 Å². The van der Waals surface area contributed by atoms with Crippen molar-refractivity contribution >= 4 is 31.2 Å². The summed E-state index contributed by atoms with van der Waals surface area (Å²) in [6, 6.07) is 9.12. The van der Waals surface area contributed by atoms with Crippen LogP contribution in [-0.2, 0) is 24.6 Å². The molecule has 0 spiro atoms. The standard InChI is InChI=1S/C17H22N2O5S3/c1-26(20,21)14-4-6-15(7-5-14)27(22,23)18-13-16(17-3-2-12-25-17)19-8-10-24-11-9-19/h2-7,12,16,18H,8-11,13H2,1H3. The van der Waals surface area contributed by atoms with E-state index in [4.69, 9.17) is 4.74 Å². The van der Waals surface area contributed by atoms with Crippen LogP contribution in [-0.4, -0.2) is 60.8 Å². The molecule has 0 amide bonds. The monoisotopic (exact) mass is 430 g/mol. The first-order valence-corrected chi connectivity index (χ1v) is 12.7. The molecule has 148 valence electrons. The van der Waals surface area contributed by atoms with E-state index in [1.807, 2.05) is 17.5 Å². The Kier molecular flexibility index (Phi) is 6.34. The lowest BCUT2D eigenvalue weighted by Gasteiger charge is -2.34. The lowest BCUT2D eigenvalue weighted by molar-refractivity contribution is 0.0179. The summed E-state index contributed by atoms with van der Waals surface area (Å²) in [7, 11) is -7.11. The third kappa shape index (κ3) is 5.15. The summed E-state index contributed by atoms with van der Waals surface area (Å²) >= 11 is 1.59. The Balaban J connectivity index is 1.75. The molecule has 0 bridgehead atoms. The van der Waals surface area contributed by atoms with Crippen molar-refractivity contribution in [2.75, 3.05) is 39.1 Å². The summed E-state index contributed by atoms with van der Waals surface area (Å²) in [5.74, 6) is 0. The van der Waals surface area contributed by atoms with Gasteiger partial charge in [-0.15, -0.1) is 11.3 Å². The van der Waals surface area contributed by atoms with E-state index >= 15 is 0 Å². The van der Waals surface area contributed by atoms with E-state index in [2.05, 4.69) is 9.62 Å². The average Bonchev–Trinajstić information content (AvgIpc) is 3.16. The fraction of sp³-hybridized carbons (Fsp3) is 0.412. The number of ether oxygens (including phenoxy) is 1. The van der Waals surface area contributed by atoms with Crippen LogP contribution in [0.4, 0.5) is 0 Å². The van der Waals surface area contributed by atoms with Gasteiger partial charge in [-0.1, -0.05) is 6.07 Å². The first-order chi connectivity index (χ1) is 12.8. The predicted molar refractivity (Wildman–Crippen MR) is 104 cm³/mol. The van der Waals surface area contributed by atoms with Gasteiger partial charge in [0.15, 0.2) is 9.84 Å². The highest BCUT2D eigenvalue weighted by Gasteiger charge is 2.26. The molecule has 10 heteroatoms. The topological polar surface area (TPSA) is 92.8 Å². The van der Waals surface area contributed by atoms with Crippen LogP contribution in [0.3, 0.4) is 0 Å². The normalized spacial score (nSPS) is 17.7. The summed E-state index contributed by atoms with van der Waals surface area (Å²) < 4.78 is 56.4. The summed E-state index contributed by atoms with van der Waals surface area (Å²) in [4.78, 5) is 3.44. The second-order valence-electron chi connectivity index (χ2n) is 6.28. The van der Waals surface area contributed by atoms with E-state index in [1.165, 1.54) is 24.3 Å². The molecule has 1 atom stereocenters. The van der Waals surface area contributed by atoms with Crippen molar-refractivity contribution in [3.8, 4) is 0 Å². The zero-order valence-corrected chi connectivity index (χ0v) is 17.3. The fourth-order valence-electron chi connectivity index (χ4n) is 2.92. The summed E-state index contributed by atoms with van der Waals surface area (Å²) in [6.45, 7) is 2.97. The van der Waals surface area contributed by atoms with Gasteiger partial charge in [-0.2, -0.15) is 0 Å². The predicted octanol–water partition coefficient (Wildman–Crippen LogP) is 1.50. The minimum Gasteiger partial charge on any atom is -0.379 e. The average molecular weight is 431 g/mol. The van der Waals surface area contributed by atoms with Crippen molar-refractivity contribution < 1.29 is 21.6 Å². The molecule has 1 aromatic carbocycles. The van der Waals surface area contributed by atoms with E-state index in [9.17, 15) is 16.8 Å². The van der Waals surface area contributed by atoms with Crippen LogP contribution >= 0.6 is 11.3 Å². The molecule has 0 saturated carbocycles. The number of sulfone groups is 1. The Morgan fingerprint density at radius 3 is 2.26 bits per heavy atom. The Morgan fingerprint density at radius 1 is 1.07 bits per heavy atom. The molecular weight excluding hydrogens is 408 g/mol. The van der Waals surface area contributed by atoms with Gasteiger partial charge in [-0.3, -0.25) is 4.90 Å². The SMILES string of the molecule is CS(=O)(=O)c1ccc(S(=O)(=O)NCC(c2cccs2)N2CCOCC2)cc1. The van der Waals surface area contributed by atoms with Crippen LogP contribution in [0.1, 0.15) is 10.9 Å². The molecule has 2 heterocycles. The van der Waals surface area contributed by atoms with Crippen molar-refractivity contribution in [1.82, 2.24) is 9.62 Å². The van der Waals surface area contributed by atoms with Gasteiger partial charge >= 0.3 is 0 Å². The number of morpholine rings is 1. The molecule has 1 fully saturated rings. The zero-order chi connectivity index (χ0) is 19.5. The molecule has 27 heavy (non-hydrogen) atoms. The second-order valence-corrected chi connectivity index (χ2v) is 11.0. The summed E-state index contributed by atoms with van der Waals surface area (Å²) in [5.41, 5.74) is 0.